The SMILES string of the molecule is CN=C(NCCSC)NCC(C)N(C)C1CC1.I. The average molecular weight is 386 g/mol. The highest BCUT2D eigenvalue weighted by atomic mass is 127. The second kappa shape index (κ2) is 10.1. The van der Waals surface area contributed by atoms with E-state index in [9.17, 15) is 0 Å². The molecule has 0 aromatic carbocycles. The first kappa shape index (κ1) is 18.3. The summed E-state index contributed by atoms with van der Waals surface area (Å²) in [4.78, 5) is 6.68. The van der Waals surface area contributed by atoms with Gasteiger partial charge >= 0.3 is 0 Å². The number of nitrogens with one attached hydrogen (secondary N) is 2. The van der Waals surface area contributed by atoms with Crippen LogP contribution in [0.3, 0.4) is 0 Å². The third kappa shape index (κ3) is 7.04. The molecule has 1 aliphatic carbocycles. The zero-order valence-electron chi connectivity index (χ0n) is 11.9. The molecule has 0 spiro atoms. The Labute approximate surface area is 133 Å². The lowest BCUT2D eigenvalue weighted by atomic mass is 10.3. The molecule has 1 aliphatic rings. The summed E-state index contributed by atoms with van der Waals surface area (Å²) in [7, 11) is 4.04. The quantitative estimate of drug-likeness (QED) is 0.302. The molecule has 1 saturated carbocycles. The van der Waals surface area contributed by atoms with Crippen LogP contribution >= 0.6 is 35.7 Å². The molecule has 0 amide bonds. The van der Waals surface area contributed by atoms with Crippen LogP contribution in [-0.4, -0.2) is 62.1 Å². The lowest BCUT2D eigenvalue weighted by Gasteiger charge is -2.25. The molecular formula is C12H27IN4S. The zero-order valence-corrected chi connectivity index (χ0v) is 15.0. The van der Waals surface area contributed by atoms with Crippen molar-refractivity contribution in [1.29, 1.82) is 0 Å². The molecule has 108 valence electrons. The Morgan fingerprint density at radius 3 is 2.61 bits per heavy atom. The highest BCUT2D eigenvalue weighted by molar-refractivity contribution is 14.0. The topological polar surface area (TPSA) is 39.7 Å². The van der Waals surface area contributed by atoms with E-state index in [1.165, 1.54) is 12.8 Å². The third-order valence-corrected chi connectivity index (χ3v) is 3.82. The van der Waals surface area contributed by atoms with E-state index in [-0.39, 0.29) is 24.0 Å². The van der Waals surface area contributed by atoms with Crippen LogP contribution < -0.4 is 10.6 Å². The summed E-state index contributed by atoms with van der Waals surface area (Å²) in [5, 5.41) is 6.69. The fraction of sp³-hybridized carbons (Fsp3) is 0.917. The van der Waals surface area contributed by atoms with Crippen molar-refractivity contribution in [2.75, 3.05) is 39.2 Å². The maximum atomic E-state index is 4.22. The minimum atomic E-state index is 0. The summed E-state index contributed by atoms with van der Waals surface area (Å²) in [6.07, 6.45) is 4.84. The predicted molar refractivity (Wildman–Crippen MR) is 93.4 cm³/mol. The number of guanidine groups is 1. The molecule has 4 nitrogen and oxygen atoms in total. The highest BCUT2D eigenvalue weighted by Crippen LogP contribution is 2.26. The van der Waals surface area contributed by atoms with Crippen molar-refractivity contribution in [2.45, 2.75) is 31.8 Å². The predicted octanol–water partition coefficient (Wildman–Crippen LogP) is 1.62. The van der Waals surface area contributed by atoms with E-state index in [1.54, 1.807) is 0 Å². The number of rotatable bonds is 7. The van der Waals surface area contributed by atoms with Gasteiger partial charge in [-0.05, 0) is 33.1 Å². The van der Waals surface area contributed by atoms with Crippen LogP contribution in [0.1, 0.15) is 19.8 Å². The first-order chi connectivity index (χ1) is 8.19. The Bertz CT molecular complexity index is 246. The summed E-state index contributed by atoms with van der Waals surface area (Å²) in [5.74, 6) is 2.02. The molecule has 0 radical (unpaired) electrons. The van der Waals surface area contributed by atoms with Crippen LogP contribution in [0.2, 0.25) is 0 Å². The molecule has 0 bridgehead atoms. The second-order valence-electron chi connectivity index (χ2n) is 4.62. The molecule has 1 fully saturated rings. The van der Waals surface area contributed by atoms with Gasteiger partial charge in [0.15, 0.2) is 5.96 Å². The largest absolute Gasteiger partial charge is 0.356 e. The maximum Gasteiger partial charge on any atom is 0.191 e. The molecule has 6 heteroatoms. The van der Waals surface area contributed by atoms with Gasteiger partial charge in [0.2, 0.25) is 0 Å². The van der Waals surface area contributed by atoms with Gasteiger partial charge in [0, 0.05) is 38.0 Å². The van der Waals surface area contributed by atoms with Crippen molar-refractivity contribution in [1.82, 2.24) is 15.5 Å². The zero-order chi connectivity index (χ0) is 12.7. The smallest absolute Gasteiger partial charge is 0.191 e. The van der Waals surface area contributed by atoms with Crippen LogP contribution in [0.15, 0.2) is 4.99 Å². The van der Waals surface area contributed by atoms with Gasteiger partial charge in [-0.25, -0.2) is 0 Å². The highest BCUT2D eigenvalue weighted by Gasteiger charge is 2.28. The van der Waals surface area contributed by atoms with Gasteiger partial charge in [-0.3, -0.25) is 9.89 Å². The number of halogens is 1. The fourth-order valence-electron chi connectivity index (χ4n) is 1.72. The van der Waals surface area contributed by atoms with E-state index in [4.69, 9.17) is 0 Å². The molecule has 0 heterocycles. The van der Waals surface area contributed by atoms with Crippen LogP contribution in [0.4, 0.5) is 0 Å². The lowest BCUT2D eigenvalue weighted by molar-refractivity contribution is 0.247. The standard InChI is InChI=1S/C12H26N4S.HI/c1-10(16(3)11-5-6-11)9-15-12(13-2)14-7-8-17-4;/h10-11H,5-9H2,1-4H3,(H2,13,14,15);1H. The Morgan fingerprint density at radius 1 is 1.44 bits per heavy atom. The van der Waals surface area contributed by atoms with Gasteiger partial charge in [0.25, 0.3) is 0 Å². The first-order valence-corrected chi connectivity index (χ1v) is 7.73. The Balaban J connectivity index is 0.00000289. The van der Waals surface area contributed by atoms with E-state index in [0.29, 0.717) is 6.04 Å². The minimum Gasteiger partial charge on any atom is -0.356 e. The van der Waals surface area contributed by atoms with E-state index >= 15 is 0 Å². The summed E-state index contributed by atoms with van der Waals surface area (Å²) in [6, 6.07) is 1.37. The van der Waals surface area contributed by atoms with Gasteiger partial charge in [0.1, 0.15) is 0 Å². The lowest BCUT2D eigenvalue weighted by Crippen LogP contribution is -2.45. The maximum absolute atomic E-state index is 4.22. The van der Waals surface area contributed by atoms with Gasteiger partial charge in [-0.15, -0.1) is 24.0 Å². The Morgan fingerprint density at radius 2 is 2.11 bits per heavy atom. The van der Waals surface area contributed by atoms with E-state index in [0.717, 1.165) is 30.8 Å². The molecule has 0 saturated heterocycles. The number of nitrogens with zero attached hydrogens (tertiary/aromatic N) is 2. The third-order valence-electron chi connectivity index (χ3n) is 3.21. The monoisotopic (exact) mass is 386 g/mol. The number of hydrogen-bond donors (Lipinski definition) is 2. The Kier molecular flexibility index (Phi) is 10.3. The number of thioether (sulfide) groups is 1. The number of aliphatic imine (C=N–C) groups is 1. The Hall–Kier alpha value is 0.310. The van der Waals surface area contributed by atoms with Crippen LogP contribution in [0, 0.1) is 0 Å². The molecule has 0 aliphatic heterocycles. The van der Waals surface area contributed by atoms with Gasteiger partial charge in [-0.1, -0.05) is 0 Å². The summed E-state index contributed by atoms with van der Waals surface area (Å²) < 4.78 is 0. The molecule has 2 N–H and O–H groups in total. The normalized spacial score (nSPS) is 17.3. The van der Waals surface area contributed by atoms with Gasteiger partial charge in [-0.2, -0.15) is 11.8 Å². The van der Waals surface area contributed by atoms with E-state index < -0.39 is 0 Å². The molecule has 18 heavy (non-hydrogen) atoms. The second-order valence-corrected chi connectivity index (χ2v) is 5.60. The fourth-order valence-corrected chi connectivity index (χ4v) is 2.03. The van der Waals surface area contributed by atoms with Crippen LogP contribution in [0.5, 0.6) is 0 Å². The summed E-state index contributed by atoms with van der Waals surface area (Å²) >= 11 is 1.84. The number of likely N-dealkylation sites (N-methyl/N-ethyl adjacent to an activating group) is 1. The molecular weight excluding hydrogens is 359 g/mol. The van der Waals surface area contributed by atoms with E-state index in [1.807, 2.05) is 18.8 Å². The molecule has 1 atom stereocenters. The van der Waals surface area contributed by atoms with Crippen molar-refractivity contribution in [2.24, 2.45) is 4.99 Å². The van der Waals surface area contributed by atoms with E-state index in [2.05, 4.69) is 40.8 Å². The van der Waals surface area contributed by atoms with Crippen molar-refractivity contribution in [3.8, 4) is 0 Å². The van der Waals surface area contributed by atoms with Gasteiger partial charge < -0.3 is 10.6 Å². The molecule has 1 rings (SSSR count). The van der Waals surface area contributed by atoms with Crippen LogP contribution in [-0.2, 0) is 0 Å². The van der Waals surface area contributed by atoms with Crippen LogP contribution in [0.25, 0.3) is 0 Å². The van der Waals surface area contributed by atoms with Crippen molar-refractivity contribution >= 4 is 41.7 Å². The minimum absolute atomic E-state index is 0. The molecule has 0 aromatic rings. The van der Waals surface area contributed by atoms with Gasteiger partial charge in [0.05, 0.1) is 0 Å². The first-order valence-electron chi connectivity index (χ1n) is 6.34. The summed E-state index contributed by atoms with van der Waals surface area (Å²) in [6.45, 7) is 4.18. The summed E-state index contributed by atoms with van der Waals surface area (Å²) in [5.41, 5.74) is 0. The van der Waals surface area contributed by atoms with Crippen molar-refractivity contribution in [3.63, 3.8) is 0 Å². The number of hydrogen-bond acceptors (Lipinski definition) is 3. The van der Waals surface area contributed by atoms with Crippen molar-refractivity contribution in [3.05, 3.63) is 0 Å². The average Bonchev–Trinajstić information content (AvgIpc) is 3.16. The molecule has 0 aromatic heterocycles. The molecule has 1 unspecified atom stereocenters. The van der Waals surface area contributed by atoms with Crippen molar-refractivity contribution < 1.29 is 0 Å².